The van der Waals surface area contributed by atoms with Crippen molar-refractivity contribution in [2.75, 3.05) is 24.7 Å². The SMILES string of the molecule is CCNCc1cccc(OCCCSCC)c1. The second-order valence-electron chi connectivity index (χ2n) is 3.83. The maximum atomic E-state index is 5.73. The lowest BCUT2D eigenvalue weighted by molar-refractivity contribution is 0.318. The lowest BCUT2D eigenvalue weighted by atomic mass is 10.2. The average molecular weight is 253 g/mol. The van der Waals surface area contributed by atoms with Crippen molar-refractivity contribution in [1.29, 1.82) is 0 Å². The molecule has 0 amide bonds. The summed E-state index contributed by atoms with van der Waals surface area (Å²) in [7, 11) is 0. The molecule has 0 aliphatic carbocycles. The Kier molecular flexibility index (Phi) is 7.93. The zero-order valence-electron chi connectivity index (χ0n) is 10.9. The highest BCUT2D eigenvalue weighted by Gasteiger charge is 1.96. The monoisotopic (exact) mass is 253 g/mol. The van der Waals surface area contributed by atoms with Crippen LogP contribution < -0.4 is 10.1 Å². The van der Waals surface area contributed by atoms with Gasteiger partial charge in [-0.25, -0.2) is 0 Å². The average Bonchev–Trinajstić information content (AvgIpc) is 2.37. The third-order valence-corrected chi connectivity index (χ3v) is 3.37. The summed E-state index contributed by atoms with van der Waals surface area (Å²) in [5, 5.41) is 3.32. The van der Waals surface area contributed by atoms with E-state index in [-0.39, 0.29) is 0 Å². The molecule has 1 aromatic rings. The van der Waals surface area contributed by atoms with Crippen molar-refractivity contribution in [1.82, 2.24) is 5.32 Å². The van der Waals surface area contributed by atoms with E-state index in [9.17, 15) is 0 Å². The summed E-state index contributed by atoms with van der Waals surface area (Å²) in [5.74, 6) is 3.37. The molecule has 0 aromatic heterocycles. The summed E-state index contributed by atoms with van der Waals surface area (Å²) in [5.41, 5.74) is 1.28. The van der Waals surface area contributed by atoms with Gasteiger partial charge in [-0.1, -0.05) is 26.0 Å². The van der Waals surface area contributed by atoms with Gasteiger partial charge in [0, 0.05) is 6.54 Å². The zero-order valence-corrected chi connectivity index (χ0v) is 11.7. The number of thioether (sulfide) groups is 1. The molecule has 0 heterocycles. The summed E-state index contributed by atoms with van der Waals surface area (Å²) >= 11 is 1.97. The Morgan fingerprint density at radius 3 is 2.94 bits per heavy atom. The fraction of sp³-hybridized carbons (Fsp3) is 0.571. The Bertz CT molecular complexity index is 304. The Balaban J connectivity index is 2.27. The van der Waals surface area contributed by atoms with Gasteiger partial charge in [0.05, 0.1) is 6.61 Å². The Hall–Kier alpha value is -0.670. The number of hydrogen-bond donors (Lipinski definition) is 1. The van der Waals surface area contributed by atoms with Crippen molar-refractivity contribution < 1.29 is 4.74 Å². The highest BCUT2D eigenvalue weighted by molar-refractivity contribution is 7.99. The minimum absolute atomic E-state index is 0.817. The summed E-state index contributed by atoms with van der Waals surface area (Å²) in [6.07, 6.45) is 1.12. The zero-order chi connectivity index (χ0) is 12.3. The molecule has 1 N–H and O–H groups in total. The predicted octanol–water partition coefficient (Wildman–Crippen LogP) is 3.32. The molecule has 0 aliphatic rings. The number of rotatable bonds is 9. The van der Waals surface area contributed by atoms with E-state index in [4.69, 9.17) is 4.74 Å². The first-order chi connectivity index (χ1) is 8.36. The maximum Gasteiger partial charge on any atom is 0.119 e. The van der Waals surface area contributed by atoms with Crippen LogP contribution in [-0.2, 0) is 6.54 Å². The molecule has 0 aliphatic heterocycles. The van der Waals surface area contributed by atoms with Crippen molar-refractivity contribution in [3.05, 3.63) is 29.8 Å². The first-order valence-electron chi connectivity index (χ1n) is 6.37. The van der Waals surface area contributed by atoms with E-state index in [1.165, 1.54) is 17.1 Å². The fourth-order valence-corrected chi connectivity index (χ4v) is 2.12. The van der Waals surface area contributed by atoms with Gasteiger partial charge in [-0.2, -0.15) is 11.8 Å². The van der Waals surface area contributed by atoms with Crippen molar-refractivity contribution >= 4 is 11.8 Å². The van der Waals surface area contributed by atoms with Gasteiger partial charge in [0.1, 0.15) is 5.75 Å². The van der Waals surface area contributed by atoms with E-state index >= 15 is 0 Å². The summed E-state index contributed by atoms with van der Waals surface area (Å²) in [6.45, 7) is 7.04. The van der Waals surface area contributed by atoms with E-state index in [1.54, 1.807) is 0 Å². The van der Waals surface area contributed by atoms with Crippen LogP contribution in [-0.4, -0.2) is 24.7 Å². The minimum atomic E-state index is 0.817. The summed E-state index contributed by atoms with van der Waals surface area (Å²) < 4.78 is 5.73. The number of hydrogen-bond acceptors (Lipinski definition) is 3. The van der Waals surface area contributed by atoms with Crippen LogP contribution in [0.1, 0.15) is 25.8 Å². The molecule has 3 heteroatoms. The second kappa shape index (κ2) is 9.37. The van der Waals surface area contributed by atoms with Crippen LogP contribution in [0.15, 0.2) is 24.3 Å². The van der Waals surface area contributed by atoms with Gasteiger partial charge in [-0.3, -0.25) is 0 Å². The third kappa shape index (κ3) is 6.59. The molecule has 1 rings (SSSR count). The van der Waals surface area contributed by atoms with Crippen LogP contribution in [0.3, 0.4) is 0 Å². The second-order valence-corrected chi connectivity index (χ2v) is 5.22. The number of nitrogens with one attached hydrogen (secondary N) is 1. The van der Waals surface area contributed by atoms with Crippen molar-refractivity contribution in [2.45, 2.75) is 26.8 Å². The van der Waals surface area contributed by atoms with Crippen molar-refractivity contribution in [2.24, 2.45) is 0 Å². The highest BCUT2D eigenvalue weighted by atomic mass is 32.2. The highest BCUT2D eigenvalue weighted by Crippen LogP contribution is 2.13. The minimum Gasteiger partial charge on any atom is -0.494 e. The van der Waals surface area contributed by atoms with E-state index in [1.807, 2.05) is 17.8 Å². The molecule has 2 nitrogen and oxygen atoms in total. The van der Waals surface area contributed by atoms with Gasteiger partial charge in [0.15, 0.2) is 0 Å². The van der Waals surface area contributed by atoms with Gasteiger partial charge in [-0.05, 0) is 42.2 Å². The Morgan fingerprint density at radius 2 is 2.18 bits per heavy atom. The van der Waals surface area contributed by atoms with Crippen molar-refractivity contribution in [3.8, 4) is 5.75 Å². The molecule has 0 atom stereocenters. The lowest BCUT2D eigenvalue weighted by Gasteiger charge is -2.08. The van der Waals surface area contributed by atoms with E-state index in [0.29, 0.717) is 0 Å². The third-order valence-electron chi connectivity index (χ3n) is 2.38. The largest absolute Gasteiger partial charge is 0.494 e. The van der Waals surface area contributed by atoms with Crippen LogP contribution in [0.5, 0.6) is 5.75 Å². The number of benzene rings is 1. The quantitative estimate of drug-likeness (QED) is 0.682. The smallest absolute Gasteiger partial charge is 0.119 e. The predicted molar refractivity (Wildman–Crippen MR) is 76.9 cm³/mol. The first kappa shape index (κ1) is 14.4. The van der Waals surface area contributed by atoms with Gasteiger partial charge in [0.25, 0.3) is 0 Å². The normalized spacial score (nSPS) is 10.5. The van der Waals surface area contributed by atoms with E-state index in [0.717, 1.165) is 31.9 Å². The van der Waals surface area contributed by atoms with Crippen molar-refractivity contribution in [3.63, 3.8) is 0 Å². The molecule has 1 aromatic carbocycles. The van der Waals surface area contributed by atoms with E-state index in [2.05, 4.69) is 37.4 Å². The molecule has 0 unspecified atom stereocenters. The van der Waals surface area contributed by atoms with Crippen LogP contribution >= 0.6 is 11.8 Å². The van der Waals surface area contributed by atoms with Crippen LogP contribution in [0, 0.1) is 0 Å². The number of ether oxygens (including phenoxy) is 1. The molecule has 0 saturated heterocycles. The summed E-state index contributed by atoms with van der Waals surface area (Å²) in [6, 6.07) is 8.34. The maximum absolute atomic E-state index is 5.73. The molecule has 0 bridgehead atoms. The molecule has 17 heavy (non-hydrogen) atoms. The molecule has 0 saturated carbocycles. The molecular formula is C14H23NOS. The molecule has 96 valence electrons. The summed E-state index contributed by atoms with van der Waals surface area (Å²) in [4.78, 5) is 0. The van der Waals surface area contributed by atoms with Gasteiger partial charge >= 0.3 is 0 Å². The fourth-order valence-electron chi connectivity index (χ4n) is 1.51. The molecular weight excluding hydrogens is 230 g/mol. The Labute approximate surface area is 109 Å². The van der Waals surface area contributed by atoms with Crippen LogP contribution in [0.2, 0.25) is 0 Å². The molecule has 0 fully saturated rings. The van der Waals surface area contributed by atoms with Gasteiger partial charge in [-0.15, -0.1) is 0 Å². The first-order valence-corrected chi connectivity index (χ1v) is 7.52. The van der Waals surface area contributed by atoms with Crippen LogP contribution in [0.4, 0.5) is 0 Å². The molecule has 0 radical (unpaired) electrons. The van der Waals surface area contributed by atoms with Gasteiger partial charge < -0.3 is 10.1 Å². The lowest BCUT2D eigenvalue weighted by Crippen LogP contribution is -2.11. The topological polar surface area (TPSA) is 21.3 Å². The van der Waals surface area contributed by atoms with Gasteiger partial charge in [0.2, 0.25) is 0 Å². The standard InChI is InChI=1S/C14H23NOS/c1-3-15-12-13-7-5-8-14(11-13)16-9-6-10-17-4-2/h5,7-8,11,15H,3-4,6,9-10,12H2,1-2H3. The Morgan fingerprint density at radius 1 is 1.29 bits per heavy atom. The van der Waals surface area contributed by atoms with Crippen LogP contribution in [0.25, 0.3) is 0 Å². The molecule has 0 spiro atoms. The van der Waals surface area contributed by atoms with E-state index < -0.39 is 0 Å².